The molecule has 1 amide bonds. The maximum atomic E-state index is 13.5. The van der Waals surface area contributed by atoms with Crippen LogP contribution in [0.3, 0.4) is 0 Å². The second-order valence-corrected chi connectivity index (χ2v) is 19.8. The van der Waals surface area contributed by atoms with E-state index in [1.807, 2.05) is 49.4 Å². The summed E-state index contributed by atoms with van der Waals surface area (Å²) in [4.78, 5) is 50.1. The summed E-state index contributed by atoms with van der Waals surface area (Å²) in [5.41, 5.74) is 2.03. The Bertz CT molecular complexity index is 2090. The van der Waals surface area contributed by atoms with Crippen molar-refractivity contribution in [2.45, 2.75) is 102 Å². The minimum absolute atomic E-state index is 0.0766. The molecule has 1 spiro atoms. The molecule has 0 bridgehead atoms. The number of nitrogens with one attached hydrogen (secondary N) is 2. The van der Waals surface area contributed by atoms with E-state index >= 15 is 0 Å². The zero-order valence-corrected chi connectivity index (χ0v) is 41.8. The number of unbranched alkanes of at least 4 members (excludes halogenated alkanes) is 3. The highest BCUT2D eigenvalue weighted by atomic mass is 35.5. The number of hydrogen-bond donors (Lipinski definition) is 2. The topological polar surface area (TPSA) is 171 Å². The van der Waals surface area contributed by atoms with E-state index in [1.165, 1.54) is 50.1 Å². The number of likely N-dealkylation sites (N-methyl/N-ethyl adjacent to an activating group) is 1. The van der Waals surface area contributed by atoms with E-state index < -0.39 is 13.6 Å². The largest absolute Gasteiger partial charge is 0.432 e. The molecule has 2 aromatic carbocycles. The lowest BCUT2D eigenvalue weighted by Crippen LogP contribution is -2.30. The molecule has 3 fully saturated rings. The van der Waals surface area contributed by atoms with Gasteiger partial charge in [0.25, 0.3) is 5.91 Å². The minimum atomic E-state index is -3.39. The predicted octanol–water partition coefficient (Wildman–Crippen LogP) is 9.98. The van der Waals surface area contributed by atoms with Crippen LogP contribution in [0.1, 0.15) is 105 Å². The van der Waals surface area contributed by atoms with Gasteiger partial charge in [0.15, 0.2) is 0 Å². The van der Waals surface area contributed by atoms with E-state index in [4.69, 9.17) is 25.7 Å². The summed E-state index contributed by atoms with van der Waals surface area (Å²) in [6.45, 7) is 12.3. The van der Waals surface area contributed by atoms with Crippen molar-refractivity contribution in [3.05, 3.63) is 94.1 Å². The van der Waals surface area contributed by atoms with Crippen LogP contribution < -0.4 is 14.9 Å². The molecular formula is C49H70ClN6O7PS. The summed E-state index contributed by atoms with van der Waals surface area (Å²) in [6.07, 6.45) is 15.7. The molecule has 4 aromatic rings. The van der Waals surface area contributed by atoms with Crippen LogP contribution in [0, 0.1) is 17.2 Å². The number of thiophene rings is 1. The van der Waals surface area contributed by atoms with Crippen molar-refractivity contribution in [2.24, 2.45) is 5.92 Å². The molecule has 3 aliphatic rings. The number of ether oxygens (including phenoxy) is 1. The number of rotatable bonds is 15. The van der Waals surface area contributed by atoms with Crippen molar-refractivity contribution in [1.29, 1.82) is 5.26 Å². The second-order valence-electron chi connectivity index (χ2n) is 16.2. The molecular weight excluding hydrogens is 883 g/mol. The highest BCUT2D eigenvalue weighted by Crippen LogP contribution is 2.57. The summed E-state index contributed by atoms with van der Waals surface area (Å²) < 4.78 is 24.9. The van der Waals surface area contributed by atoms with E-state index in [0.29, 0.717) is 21.9 Å². The molecule has 1 aliphatic carbocycles. The molecule has 2 aromatic heterocycles. The standard InChI is InChI=1S/C20H21N2O4PS.C13H14ClN3.C6H12O.C5H11N.C4H10O.CH2O/c1-14(12-23)22-27(25,26-17-6-4-3-5-7-17)13-15-8-9-18-16(10-15)11-19(28-18)20(24)21-2;1-17-8-11(9-4-10(14)7-16-6-9)12(5-15)13(17)2-3-13;1-2-3-4-5-6-7;1-6-4-2-3-5-6;1-3-4-5-2;1-2/h3-12,14H,13H2,1-2H3,(H,21,24)(H,22,25);4,6-7,11-12H,2-3,8H2,1H3;6H,2-5H2,1H3;2-5H2,1H3;3-4H2,1-2H3;1H2/t;11-,12?;;;;/m.0..../s1. The summed E-state index contributed by atoms with van der Waals surface area (Å²) >= 11 is 7.38. The fraction of sp³-hybridized carbons (Fsp3) is 0.510. The number of carbonyl (C=O) groups is 4. The second kappa shape index (κ2) is 30.8. The number of benzene rings is 2. The SMILES string of the molecule is C=O.CCCCCC=O.CCCOC.CN1CCCC1.CN1C[C@@H](c2cncc(Cl)c2)C(C#N)C12CC2.CNC(=O)c1cc2cc(CP(=O)(NC(C)C=O)Oc3ccccc3)ccc2s1. The first-order valence-electron chi connectivity index (χ1n) is 22.2. The number of nitrogens with zero attached hydrogens (tertiary/aromatic N) is 4. The van der Waals surface area contributed by atoms with E-state index in [-0.39, 0.29) is 29.4 Å². The van der Waals surface area contributed by atoms with Gasteiger partial charge in [-0.25, -0.2) is 5.09 Å². The third kappa shape index (κ3) is 19.2. The zero-order chi connectivity index (χ0) is 48.3. The van der Waals surface area contributed by atoms with Gasteiger partial charge in [-0.1, -0.05) is 62.6 Å². The number of aldehydes is 2. The lowest BCUT2D eigenvalue weighted by molar-refractivity contribution is -0.109. The van der Waals surface area contributed by atoms with Gasteiger partial charge in [-0.15, -0.1) is 11.3 Å². The minimum Gasteiger partial charge on any atom is -0.432 e. The Hall–Kier alpha value is -4.32. The van der Waals surface area contributed by atoms with Gasteiger partial charge >= 0.3 is 7.52 Å². The molecule has 0 radical (unpaired) electrons. The fourth-order valence-corrected chi connectivity index (χ4v) is 10.7. The number of hydrogen-bond acceptors (Lipinski definition) is 12. The molecule has 7 rings (SSSR count). The summed E-state index contributed by atoms with van der Waals surface area (Å²) in [5.74, 6) is 0.656. The highest BCUT2D eigenvalue weighted by Gasteiger charge is 2.60. The van der Waals surface area contributed by atoms with Crippen molar-refractivity contribution >= 4 is 65.8 Å². The average molecular weight is 954 g/mol. The van der Waals surface area contributed by atoms with Crippen LogP contribution in [0.15, 0.2) is 73.1 Å². The number of halogens is 1. The molecule has 65 heavy (non-hydrogen) atoms. The molecule has 13 nitrogen and oxygen atoms in total. The Morgan fingerprint density at radius 2 is 1.75 bits per heavy atom. The normalized spacial score (nSPS) is 18.1. The lowest BCUT2D eigenvalue weighted by Gasteiger charge is -2.22. The summed E-state index contributed by atoms with van der Waals surface area (Å²) in [6, 6.07) is 20.2. The molecule has 3 unspecified atom stereocenters. The number of methoxy groups -OCH3 is 1. The van der Waals surface area contributed by atoms with Crippen LogP contribution in [-0.4, -0.2) is 106 Å². The Morgan fingerprint density at radius 1 is 1.06 bits per heavy atom. The van der Waals surface area contributed by atoms with Crippen molar-refractivity contribution in [3.63, 3.8) is 0 Å². The Labute approximate surface area is 396 Å². The van der Waals surface area contributed by atoms with Crippen molar-refractivity contribution in [2.75, 3.05) is 54.5 Å². The molecule has 16 heteroatoms. The van der Waals surface area contributed by atoms with Gasteiger partial charge in [-0.05, 0) is 126 Å². The van der Waals surface area contributed by atoms with Gasteiger partial charge < -0.3 is 33.9 Å². The van der Waals surface area contributed by atoms with Gasteiger partial charge in [0.05, 0.1) is 34.1 Å². The van der Waals surface area contributed by atoms with Gasteiger partial charge in [0, 0.05) is 62.3 Å². The first kappa shape index (κ1) is 56.8. The lowest BCUT2D eigenvalue weighted by atomic mass is 9.86. The predicted molar refractivity (Wildman–Crippen MR) is 264 cm³/mol. The van der Waals surface area contributed by atoms with Crippen molar-refractivity contribution in [1.82, 2.24) is 25.2 Å². The Balaban J connectivity index is 0.000000329. The molecule has 356 valence electrons. The van der Waals surface area contributed by atoms with Crippen LogP contribution in [0.2, 0.25) is 5.02 Å². The smallest absolute Gasteiger partial charge is 0.321 e. The number of aromatic nitrogens is 1. The Morgan fingerprint density at radius 3 is 2.26 bits per heavy atom. The number of pyridine rings is 1. The molecule has 2 aliphatic heterocycles. The highest BCUT2D eigenvalue weighted by molar-refractivity contribution is 7.56. The van der Waals surface area contributed by atoms with Crippen LogP contribution in [0.4, 0.5) is 0 Å². The maximum absolute atomic E-state index is 13.5. The Kier molecular flexibility index (Phi) is 26.9. The summed E-state index contributed by atoms with van der Waals surface area (Å²) in [5, 5.41) is 16.4. The fourth-order valence-electron chi connectivity index (χ4n) is 7.47. The molecule has 4 heterocycles. The van der Waals surface area contributed by atoms with Gasteiger partial charge in [0.2, 0.25) is 0 Å². The quantitative estimate of drug-likeness (QED) is 0.0658. The molecule has 2 N–H and O–H groups in total. The number of carbonyl (C=O) groups excluding carboxylic acids is 4. The van der Waals surface area contributed by atoms with Crippen LogP contribution >= 0.6 is 30.5 Å². The monoisotopic (exact) mass is 952 g/mol. The number of nitriles is 1. The maximum Gasteiger partial charge on any atom is 0.321 e. The van der Waals surface area contributed by atoms with Crippen LogP contribution in [0.5, 0.6) is 5.75 Å². The van der Waals surface area contributed by atoms with Crippen molar-refractivity contribution < 1.29 is 33.0 Å². The number of likely N-dealkylation sites (tertiary alicyclic amines) is 2. The third-order valence-corrected chi connectivity index (χ3v) is 14.4. The number of amides is 1. The van der Waals surface area contributed by atoms with E-state index in [2.05, 4.69) is 59.2 Å². The van der Waals surface area contributed by atoms with E-state index in [1.54, 1.807) is 51.5 Å². The van der Waals surface area contributed by atoms with Gasteiger partial charge in [0.1, 0.15) is 25.1 Å². The zero-order valence-electron chi connectivity index (χ0n) is 39.3. The number of fused-ring (bicyclic) bond motifs is 1. The molecule has 2 saturated heterocycles. The van der Waals surface area contributed by atoms with E-state index in [9.17, 15) is 24.2 Å². The van der Waals surface area contributed by atoms with Crippen LogP contribution in [-0.2, 0) is 29.8 Å². The summed E-state index contributed by atoms with van der Waals surface area (Å²) in [7, 11) is 4.21. The van der Waals surface area contributed by atoms with Gasteiger partial charge in [-0.2, -0.15) is 5.26 Å². The van der Waals surface area contributed by atoms with E-state index in [0.717, 1.165) is 72.8 Å². The molecule has 4 atom stereocenters. The third-order valence-electron chi connectivity index (χ3n) is 11.0. The first-order chi connectivity index (χ1) is 31.3. The number of para-hydroxylation sites is 1. The molecule has 1 saturated carbocycles. The van der Waals surface area contributed by atoms with Gasteiger partial charge in [-0.3, -0.25) is 19.2 Å². The average Bonchev–Trinajstić information content (AvgIpc) is 3.61. The van der Waals surface area contributed by atoms with Crippen molar-refractivity contribution in [3.8, 4) is 11.8 Å². The first-order valence-corrected chi connectivity index (χ1v) is 25.2. The van der Waals surface area contributed by atoms with Crippen LogP contribution in [0.25, 0.3) is 10.1 Å².